The molecular formula is C16H23NOS. The molecule has 0 saturated heterocycles. The molecule has 1 saturated carbocycles. The van der Waals surface area contributed by atoms with Crippen molar-refractivity contribution in [1.82, 2.24) is 5.32 Å². The van der Waals surface area contributed by atoms with E-state index in [4.69, 9.17) is 0 Å². The molecule has 1 aromatic carbocycles. The first-order valence-corrected chi connectivity index (χ1v) is 8.49. The van der Waals surface area contributed by atoms with E-state index in [-0.39, 0.29) is 5.91 Å². The molecule has 0 heterocycles. The topological polar surface area (TPSA) is 29.1 Å². The van der Waals surface area contributed by atoms with Gasteiger partial charge in [-0.3, -0.25) is 4.79 Å². The number of carbonyl (C=O) groups excluding carboxylic acids is 1. The van der Waals surface area contributed by atoms with Gasteiger partial charge in [-0.1, -0.05) is 31.9 Å². The molecule has 0 spiro atoms. The number of carbonyl (C=O) groups is 1. The number of nitrogens with one attached hydrogen (secondary N) is 1. The standard InChI is InChI=1S/C16H23NOS/c1-12-6-3-4-9-15(12)17-16(18)14-8-5-7-13(10-14)11-19-2/h5,7-8,10,12,15H,3-4,6,9,11H2,1-2H3,(H,17,18). The van der Waals surface area contributed by atoms with Gasteiger partial charge in [-0.15, -0.1) is 0 Å². The lowest BCUT2D eigenvalue weighted by Crippen LogP contribution is -2.41. The van der Waals surface area contributed by atoms with Crippen molar-refractivity contribution in [3.63, 3.8) is 0 Å². The van der Waals surface area contributed by atoms with Gasteiger partial charge in [0.25, 0.3) is 5.91 Å². The Balaban J connectivity index is 2.00. The van der Waals surface area contributed by atoms with Gasteiger partial charge in [-0.2, -0.15) is 11.8 Å². The third-order valence-corrected chi connectivity index (χ3v) is 4.55. The molecule has 2 rings (SSSR count). The molecule has 2 nitrogen and oxygen atoms in total. The second kappa shape index (κ2) is 6.99. The van der Waals surface area contributed by atoms with Crippen LogP contribution in [0, 0.1) is 5.92 Å². The monoisotopic (exact) mass is 277 g/mol. The van der Waals surface area contributed by atoms with Crippen molar-refractivity contribution < 1.29 is 4.79 Å². The summed E-state index contributed by atoms with van der Waals surface area (Å²) < 4.78 is 0. The maximum absolute atomic E-state index is 12.3. The van der Waals surface area contributed by atoms with Crippen LogP contribution in [0.15, 0.2) is 24.3 Å². The lowest BCUT2D eigenvalue weighted by atomic mass is 9.86. The molecule has 0 aliphatic heterocycles. The smallest absolute Gasteiger partial charge is 0.251 e. The SMILES string of the molecule is CSCc1cccc(C(=O)NC2CCCCC2C)c1. The summed E-state index contributed by atoms with van der Waals surface area (Å²) in [6.07, 6.45) is 6.98. The summed E-state index contributed by atoms with van der Waals surface area (Å²) >= 11 is 1.78. The van der Waals surface area contributed by atoms with Gasteiger partial charge in [0.05, 0.1) is 0 Å². The molecule has 1 aromatic rings. The van der Waals surface area contributed by atoms with Crippen LogP contribution in [0.4, 0.5) is 0 Å². The Kier molecular flexibility index (Phi) is 5.32. The summed E-state index contributed by atoms with van der Waals surface area (Å²) in [5, 5.41) is 3.21. The number of amides is 1. The van der Waals surface area contributed by atoms with E-state index in [2.05, 4.69) is 24.6 Å². The summed E-state index contributed by atoms with van der Waals surface area (Å²) in [5.74, 6) is 1.65. The lowest BCUT2D eigenvalue weighted by Gasteiger charge is -2.29. The van der Waals surface area contributed by atoms with E-state index in [9.17, 15) is 4.79 Å². The van der Waals surface area contributed by atoms with Crippen LogP contribution < -0.4 is 5.32 Å². The molecule has 2 atom stereocenters. The van der Waals surface area contributed by atoms with E-state index in [0.717, 1.165) is 17.7 Å². The summed E-state index contributed by atoms with van der Waals surface area (Å²) in [4.78, 5) is 12.3. The van der Waals surface area contributed by atoms with Gasteiger partial charge in [0.1, 0.15) is 0 Å². The molecular weight excluding hydrogens is 254 g/mol. The van der Waals surface area contributed by atoms with Crippen molar-refractivity contribution in [2.75, 3.05) is 6.26 Å². The summed E-state index contributed by atoms with van der Waals surface area (Å²) in [5.41, 5.74) is 2.01. The van der Waals surface area contributed by atoms with Crippen LogP contribution in [-0.4, -0.2) is 18.2 Å². The maximum atomic E-state index is 12.3. The summed E-state index contributed by atoms with van der Waals surface area (Å²) in [6.45, 7) is 2.24. The predicted octanol–water partition coefficient (Wildman–Crippen LogP) is 3.86. The van der Waals surface area contributed by atoms with Crippen molar-refractivity contribution in [3.05, 3.63) is 35.4 Å². The van der Waals surface area contributed by atoms with Gasteiger partial charge in [0.2, 0.25) is 0 Å². The fourth-order valence-electron chi connectivity index (χ4n) is 2.75. The number of hydrogen-bond acceptors (Lipinski definition) is 2. The first-order chi connectivity index (χ1) is 9.20. The molecule has 19 heavy (non-hydrogen) atoms. The van der Waals surface area contributed by atoms with E-state index < -0.39 is 0 Å². The maximum Gasteiger partial charge on any atom is 0.251 e. The quantitative estimate of drug-likeness (QED) is 0.905. The van der Waals surface area contributed by atoms with Crippen LogP contribution in [-0.2, 0) is 5.75 Å². The van der Waals surface area contributed by atoms with Crippen LogP contribution in [0.2, 0.25) is 0 Å². The second-order valence-corrected chi connectivity index (χ2v) is 6.34. The van der Waals surface area contributed by atoms with Crippen LogP contribution in [0.1, 0.15) is 48.5 Å². The minimum atomic E-state index is 0.0849. The van der Waals surface area contributed by atoms with E-state index in [1.54, 1.807) is 11.8 Å². The highest BCUT2D eigenvalue weighted by Crippen LogP contribution is 2.24. The predicted molar refractivity (Wildman–Crippen MR) is 82.5 cm³/mol. The van der Waals surface area contributed by atoms with Crippen molar-refractivity contribution in [3.8, 4) is 0 Å². The Hall–Kier alpha value is -0.960. The Morgan fingerprint density at radius 2 is 2.16 bits per heavy atom. The van der Waals surface area contributed by atoms with Gasteiger partial charge in [-0.05, 0) is 42.7 Å². The summed E-state index contributed by atoms with van der Waals surface area (Å²) in [6, 6.07) is 8.33. The molecule has 3 heteroatoms. The highest BCUT2D eigenvalue weighted by Gasteiger charge is 2.23. The van der Waals surface area contributed by atoms with Crippen molar-refractivity contribution >= 4 is 17.7 Å². The van der Waals surface area contributed by atoms with Crippen LogP contribution >= 0.6 is 11.8 Å². The zero-order valence-electron chi connectivity index (χ0n) is 11.8. The molecule has 0 radical (unpaired) electrons. The van der Waals surface area contributed by atoms with E-state index in [1.165, 1.54) is 24.8 Å². The van der Waals surface area contributed by atoms with Crippen molar-refractivity contribution in [2.45, 2.75) is 44.4 Å². The first kappa shape index (κ1) is 14.4. The fraction of sp³-hybridized carbons (Fsp3) is 0.562. The minimum absolute atomic E-state index is 0.0849. The normalized spacial score (nSPS) is 23.1. The van der Waals surface area contributed by atoms with E-state index in [1.807, 2.05) is 18.2 Å². The highest BCUT2D eigenvalue weighted by molar-refractivity contribution is 7.97. The molecule has 2 unspecified atom stereocenters. The number of benzene rings is 1. The zero-order valence-corrected chi connectivity index (χ0v) is 12.6. The van der Waals surface area contributed by atoms with Crippen molar-refractivity contribution in [1.29, 1.82) is 0 Å². The largest absolute Gasteiger partial charge is 0.349 e. The Bertz CT molecular complexity index is 433. The third kappa shape index (κ3) is 4.00. The van der Waals surface area contributed by atoms with Crippen LogP contribution in [0.25, 0.3) is 0 Å². The van der Waals surface area contributed by atoms with Gasteiger partial charge >= 0.3 is 0 Å². The second-order valence-electron chi connectivity index (χ2n) is 5.48. The third-order valence-electron chi connectivity index (χ3n) is 3.93. The van der Waals surface area contributed by atoms with Crippen LogP contribution in [0.3, 0.4) is 0 Å². The van der Waals surface area contributed by atoms with E-state index in [0.29, 0.717) is 12.0 Å². The number of hydrogen-bond donors (Lipinski definition) is 1. The Morgan fingerprint density at radius 3 is 2.89 bits per heavy atom. The molecule has 1 N–H and O–H groups in total. The van der Waals surface area contributed by atoms with Gasteiger partial charge in [0.15, 0.2) is 0 Å². The zero-order chi connectivity index (χ0) is 13.7. The number of rotatable bonds is 4. The molecule has 0 bridgehead atoms. The fourth-order valence-corrected chi connectivity index (χ4v) is 3.26. The summed E-state index contributed by atoms with van der Waals surface area (Å²) in [7, 11) is 0. The highest BCUT2D eigenvalue weighted by atomic mass is 32.2. The van der Waals surface area contributed by atoms with Gasteiger partial charge < -0.3 is 5.32 Å². The Labute approximate surface area is 120 Å². The van der Waals surface area contributed by atoms with Crippen LogP contribution in [0.5, 0.6) is 0 Å². The molecule has 0 aromatic heterocycles. The van der Waals surface area contributed by atoms with E-state index >= 15 is 0 Å². The van der Waals surface area contributed by atoms with Crippen molar-refractivity contribution in [2.24, 2.45) is 5.92 Å². The Morgan fingerprint density at radius 1 is 1.37 bits per heavy atom. The minimum Gasteiger partial charge on any atom is -0.349 e. The van der Waals surface area contributed by atoms with Gasteiger partial charge in [0, 0.05) is 17.4 Å². The first-order valence-electron chi connectivity index (χ1n) is 7.09. The molecule has 104 valence electrons. The molecule has 1 aliphatic carbocycles. The molecule has 1 amide bonds. The number of thioether (sulfide) groups is 1. The molecule has 1 aliphatic rings. The average molecular weight is 277 g/mol. The molecule has 1 fully saturated rings. The average Bonchev–Trinajstić information content (AvgIpc) is 2.42. The van der Waals surface area contributed by atoms with Gasteiger partial charge in [-0.25, -0.2) is 0 Å². The lowest BCUT2D eigenvalue weighted by molar-refractivity contribution is 0.0910.